The molecule has 106 valence electrons. The second-order valence-electron chi connectivity index (χ2n) is 4.34. The molecule has 2 aromatic heterocycles. The summed E-state index contributed by atoms with van der Waals surface area (Å²) >= 11 is 0. The summed E-state index contributed by atoms with van der Waals surface area (Å²) in [5.41, 5.74) is 1.19. The topological polar surface area (TPSA) is 80.0 Å². The predicted molar refractivity (Wildman–Crippen MR) is 70.7 cm³/mol. The molecule has 0 saturated heterocycles. The molecule has 0 bridgehead atoms. The number of carboxylic acid groups (broad SMARTS) is 1. The van der Waals surface area contributed by atoms with Gasteiger partial charge in [0.15, 0.2) is 0 Å². The third-order valence-electron chi connectivity index (χ3n) is 2.86. The summed E-state index contributed by atoms with van der Waals surface area (Å²) in [4.78, 5) is 14.6. The number of carbonyl (C=O) groups is 1. The molecule has 0 radical (unpaired) electrons. The number of nitrogens with zero attached hydrogens (tertiary/aromatic N) is 3. The molecule has 20 heavy (non-hydrogen) atoms. The molecule has 2 rings (SSSR count). The van der Waals surface area contributed by atoms with Crippen LogP contribution in [0.5, 0.6) is 0 Å². The lowest BCUT2D eigenvalue weighted by atomic mass is 10.2. The number of nitrogens with one attached hydrogen (secondary N) is 1. The third-order valence-corrected chi connectivity index (χ3v) is 2.86. The largest absolute Gasteiger partial charge is 0.465 e. The van der Waals surface area contributed by atoms with Gasteiger partial charge in [-0.1, -0.05) is 6.92 Å². The van der Waals surface area contributed by atoms with Crippen molar-refractivity contribution in [1.29, 1.82) is 0 Å². The van der Waals surface area contributed by atoms with Gasteiger partial charge in [-0.15, -0.1) is 0 Å². The number of pyridine rings is 1. The number of halogens is 1. The van der Waals surface area contributed by atoms with Gasteiger partial charge in [0, 0.05) is 6.20 Å². The van der Waals surface area contributed by atoms with Gasteiger partial charge in [-0.05, 0) is 24.6 Å². The molecular weight excluding hydrogens is 263 g/mol. The number of hydrogen-bond acceptors (Lipinski definition) is 3. The van der Waals surface area contributed by atoms with E-state index in [1.165, 1.54) is 6.07 Å². The van der Waals surface area contributed by atoms with E-state index in [1.54, 1.807) is 23.0 Å². The molecule has 1 atom stereocenters. The van der Waals surface area contributed by atoms with Gasteiger partial charge in [0.05, 0.1) is 24.5 Å². The lowest BCUT2D eigenvalue weighted by molar-refractivity contribution is 0.187. The molecule has 0 unspecified atom stereocenters. The van der Waals surface area contributed by atoms with Gasteiger partial charge >= 0.3 is 6.09 Å². The first-order chi connectivity index (χ1) is 9.58. The van der Waals surface area contributed by atoms with Crippen LogP contribution in [0.15, 0.2) is 30.6 Å². The molecule has 2 heterocycles. The van der Waals surface area contributed by atoms with Gasteiger partial charge in [0.2, 0.25) is 0 Å². The molecule has 0 saturated carbocycles. The average Bonchev–Trinajstić information content (AvgIpc) is 2.87. The maximum Gasteiger partial charge on any atom is 0.404 e. The second-order valence-corrected chi connectivity index (χ2v) is 4.34. The normalized spacial score (nSPS) is 12.1. The molecule has 2 aromatic rings. The van der Waals surface area contributed by atoms with Gasteiger partial charge in [0.25, 0.3) is 0 Å². The molecule has 0 aromatic carbocycles. The van der Waals surface area contributed by atoms with Crippen molar-refractivity contribution in [2.24, 2.45) is 0 Å². The van der Waals surface area contributed by atoms with E-state index >= 15 is 0 Å². The number of amides is 1. The van der Waals surface area contributed by atoms with Crippen molar-refractivity contribution in [3.05, 3.63) is 36.4 Å². The summed E-state index contributed by atoms with van der Waals surface area (Å²) < 4.78 is 14.4. The summed E-state index contributed by atoms with van der Waals surface area (Å²) in [6, 6.07) is 4.42. The monoisotopic (exact) mass is 278 g/mol. The Morgan fingerprint density at radius 3 is 2.85 bits per heavy atom. The van der Waals surface area contributed by atoms with Crippen molar-refractivity contribution in [2.45, 2.75) is 25.9 Å². The molecule has 0 aliphatic rings. The standard InChI is InChI=1S/C13H15FN4O2/c1-2-10(16-13(19)20)8-18-6-5-12(17-18)11-4-3-9(14)7-15-11/h3-7,10,16H,2,8H2,1H3,(H,19,20)/t10-/m0/s1. The lowest BCUT2D eigenvalue weighted by Crippen LogP contribution is -2.36. The van der Waals surface area contributed by atoms with E-state index < -0.39 is 11.9 Å². The first-order valence-electron chi connectivity index (χ1n) is 6.23. The smallest absolute Gasteiger partial charge is 0.404 e. The number of rotatable bonds is 5. The molecule has 0 aliphatic carbocycles. The third kappa shape index (κ3) is 3.53. The van der Waals surface area contributed by atoms with Crippen molar-refractivity contribution in [2.75, 3.05) is 0 Å². The van der Waals surface area contributed by atoms with Crippen molar-refractivity contribution in [3.63, 3.8) is 0 Å². The summed E-state index contributed by atoms with van der Waals surface area (Å²) in [6.45, 7) is 2.33. The quantitative estimate of drug-likeness (QED) is 0.878. The zero-order chi connectivity index (χ0) is 14.5. The Morgan fingerprint density at radius 2 is 2.25 bits per heavy atom. The van der Waals surface area contributed by atoms with Crippen LogP contribution in [-0.2, 0) is 6.54 Å². The van der Waals surface area contributed by atoms with Crippen LogP contribution in [0.1, 0.15) is 13.3 Å². The van der Waals surface area contributed by atoms with E-state index in [0.717, 1.165) is 6.20 Å². The van der Waals surface area contributed by atoms with Gasteiger partial charge in [-0.25, -0.2) is 9.18 Å². The SMILES string of the molecule is CC[C@@H](Cn1ccc(-c2ccc(F)cn2)n1)NC(=O)O. The number of aromatic nitrogens is 3. The van der Waals surface area contributed by atoms with E-state index in [4.69, 9.17) is 5.11 Å². The number of hydrogen-bond donors (Lipinski definition) is 2. The molecule has 0 fully saturated rings. The van der Waals surface area contributed by atoms with E-state index in [2.05, 4.69) is 15.4 Å². The van der Waals surface area contributed by atoms with E-state index in [-0.39, 0.29) is 6.04 Å². The van der Waals surface area contributed by atoms with Gasteiger partial charge in [-0.2, -0.15) is 5.10 Å². The highest BCUT2D eigenvalue weighted by Gasteiger charge is 2.11. The van der Waals surface area contributed by atoms with Gasteiger partial charge < -0.3 is 10.4 Å². The fourth-order valence-corrected chi connectivity index (χ4v) is 1.80. The maximum absolute atomic E-state index is 12.8. The van der Waals surface area contributed by atoms with Crippen LogP contribution in [0, 0.1) is 5.82 Å². The minimum atomic E-state index is -1.05. The van der Waals surface area contributed by atoms with Gasteiger partial charge in [0.1, 0.15) is 11.5 Å². The Kier molecular flexibility index (Phi) is 4.29. The fraction of sp³-hybridized carbons (Fsp3) is 0.308. The first kappa shape index (κ1) is 14.0. The minimum Gasteiger partial charge on any atom is -0.465 e. The molecule has 7 heteroatoms. The predicted octanol–water partition coefficient (Wildman–Crippen LogP) is 2.13. The van der Waals surface area contributed by atoms with Crippen LogP contribution in [0.3, 0.4) is 0 Å². The van der Waals surface area contributed by atoms with Crippen LogP contribution < -0.4 is 5.32 Å². The highest BCUT2D eigenvalue weighted by molar-refractivity contribution is 5.64. The fourth-order valence-electron chi connectivity index (χ4n) is 1.80. The first-order valence-corrected chi connectivity index (χ1v) is 6.23. The van der Waals surface area contributed by atoms with Crippen LogP contribution in [-0.4, -0.2) is 32.0 Å². The molecule has 0 aliphatic heterocycles. The van der Waals surface area contributed by atoms with Crippen LogP contribution >= 0.6 is 0 Å². The van der Waals surface area contributed by atoms with Crippen molar-refractivity contribution in [3.8, 4) is 11.4 Å². The Bertz CT molecular complexity index is 582. The van der Waals surface area contributed by atoms with Crippen LogP contribution in [0.4, 0.5) is 9.18 Å². The summed E-state index contributed by atoms with van der Waals surface area (Å²) in [5, 5.41) is 15.4. The zero-order valence-corrected chi connectivity index (χ0v) is 11.0. The highest BCUT2D eigenvalue weighted by atomic mass is 19.1. The molecule has 1 amide bonds. The summed E-state index contributed by atoms with van der Waals surface area (Å²) in [7, 11) is 0. The lowest BCUT2D eigenvalue weighted by Gasteiger charge is -2.14. The highest BCUT2D eigenvalue weighted by Crippen LogP contribution is 2.14. The molecule has 6 nitrogen and oxygen atoms in total. The second kappa shape index (κ2) is 6.14. The Morgan fingerprint density at radius 1 is 1.45 bits per heavy atom. The summed E-state index contributed by atoms with van der Waals surface area (Å²) in [5.74, 6) is -0.398. The summed E-state index contributed by atoms with van der Waals surface area (Å²) in [6.07, 6.45) is 2.49. The van der Waals surface area contributed by atoms with Gasteiger partial charge in [-0.3, -0.25) is 9.67 Å². The van der Waals surface area contributed by atoms with Crippen LogP contribution in [0.25, 0.3) is 11.4 Å². The molecule has 2 N–H and O–H groups in total. The zero-order valence-electron chi connectivity index (χ0n) is 11.0. The Hall–Kier alpha value is -2.44. The van der Waals surface area contributed by atoms with Crippen molar-refractivity contribution in [1.82, 2.24) is 20.1 Å². The van der Waals surface area contributed by atoms with E-state index in [0.29, 0.717) is 24.4 Å². The molecule has 0 spiro atoms. The van der Waals surface area contributed by atoms with Crippen LogP contribution in [0.2, 0.25) is 0 Å². The Balaban J connectivity index is 2.08. The molecular formula is C13H15FN4O2. The van der Waals surface area contributed by atoms with E-state index in [1.807, 2.05) is 6.92 Å². The van der Waals surface area contributed by atoms with Crippen molar-refractivity contribution < 1.29 is 14.3 Å². The van der Waals surface area contributed by atoms with Crippen molar-refractivity contribution >= 4 is 6.09 Å². The van der Waals surface area contributed by atoms with E-state index in [9.17, 15) is 9.18 Å². The Labute approximate surface area is 115 Å². The average molecular weight is 278 g/mol. The maximum atomic E-state index is 12.8. The minimum absolute atomic E-state index is 0.207.